The molecule has 0 saturated carbocycles. The maximum Gasteiger partial charge on any atom is 0.322 e. The number of carbonyl (C=O) groups is 1. The second-order valence-electron chi connectivity index (χ2n) is 5.41. The highest BCUT2D eigenvalue weighted by atomic mass is 32.2. The lowest BCUT2D eigenvalue weighted by Crippen LogP contribution is -2.13. The average Bonchev–Trinajstić information content (AvgIpc) is 3.05. The number of hydrogen-bond acceptors (Lipinski definition) is 5. The molecule has 1 aromatic heterocycles. The Hall–Kier alpha value is -2.60. The number of carbonyl (C=O) groups excluding carboxylic acids is 1. The molecular weight excluding hydrogens is 322 g/mol. The van der Waals surface area contributed by atoms with E-state index in [9.17, 15) is 4.79 Å². The largest absolute Gasteiger partial charge is 0.403 e. The molecule has 24 heavy (non-hydrogen) atoms. The van der Waals surface area contributed by atoms with Crippen LogP contribution in [0.15, 0.2) is 51.8 Å². The predicted molar refractivity (Wildman–Crippen MR) is 95.4 cm³/mol. The number of hydrogen-bond donors (Lipinski definition) is 1. The second-order valence-corrected chi connectivity index (χ2v) is 6.29. The molecule has 122 valence electrons. The van der Waals surface area contributed by atoms with Gasteiger partial charge in [-0.05, 0) is 56.0 Å². The monoisotopic (exact) mass is 339 g/mol. The van der Waals surface area contributed by atoms with Gasteiger partial charge in [-0.1, -0.05) is 22.8 Å². The zero-order chi connectivity index (χ0) is 17.1. The Bertz CT molecular complexity index is 872. The van der Waals surface area contributed by atoms with E-state index in [1.54, 1.807) is 11.8 Å². The Labute approximate surface area is 144 Å². The molecule has 0 aliphatic heterocycles. The van der Waals surface area contributed by atoms with E-state index in [1.807, 2.05) is 62.6 Å². The van der Waals surface area contributed by atoms with Gasteiger partial charge in [0.25, 0.3) is 5.91 Å². The number of aromatic nitrogens is 2. The van der Waals surface area contributed by atoms with Gasteiger partial charge in [0.15, 0.2) is 0 Å². The van der Waals surface area contributed by atoms with Gasteiger partial charge in [-0.2, -0.15) is 0 Å². The zero-order valence-corrected chi connectivity index (χ0v) is 14.5. The first-order valence-electron chi connectivity index (χ1n) is 7.43. The van der Waals surface area contributed by atoms with Crippen molar-refractivity contribution in [1.29, 1.82) is 0 Å². The van der Waals surface area contributed by atoms with Crippen molar-refractivity contribution in [3.05, 3.63) is 59.2 Å². The van der Waals surface area contributed by atoms with Crippen LogP contribution in [0.25, 0.3) is 11.5 Å². The van der Waals surface area contributed by atoms with Gasteiger partial charge in [-0.15, -0.1) is 16.9 Å². The molecule has 1 amide bonds. The van der Waals surface area contributed by atoms with E-state index in [1.165, 1.54) is 0 Å². The number of nitrogens with one attached hydrogen (secondary N) is 1. The first-order valence-corrected chi connectivity index (χ1v) is 8.66. The normalized spacial score (nSPS) is 10.6. The van der Waals surface area contributed by atoms with Gasteiger partial charge < -0.3 is 4.42 Å². The molecule has 0 radical (unpaired) electrons. The molecule has 0 bridgehead atoms. The van der Waals surface area contributed by atoms with Crippen molar-refractivity contribution in [3.63, 3.8) is 0 Å². The predicted octanol–water partition coefficient (Wildman–Crippen LogP) is 4.33. The zero-order valence-electron chi connectivity index (χ0n) is 13.7. The lowest BCUT2D eigenvalue weighted by molar-refractivity contribution is 0.102. The summed E-state index contributed by atoms with van der Waals surface area (Å²) in [7, 11) is 0. The van der Waals surface area contributed by atoms with Crippen molar-refractivity contribution >= 4 is 23.7 Å². The molecule has 1 N–H and O–H groups in total. The maximum atomic E-state index is 12.4. The highest BCUT2D eigenvalue weighted by Crippen LogP contribution is 2.23. The SMILES string of the molecule is CSc1ccc(-c2nnc(NC(=O)c3cc(C)ccc3C)o2)cc1. The van der Waals surface area contributed by atoms with Crippen LogP contribution in [0, 0.1) is 13.8 Å². The van der Waals surface area contributed by atoms with Crippen molar-refractivity contribution in [3.8, 4) is 11.5 Å². The Morgan fingerprint density at radius 1 is 1.08 bits per heavy atom. The second kappa shape index (κ2) is 6.88. The molecule has 0 unspecified atom stereocenters. The summed E-state index contributed by atoms with van der Waals surface area (Å²) in [6.07, 6.45) is 2.02. The third kappa shape index (κ3) is 3.49. The molecule has 5 nitrogen and oxygen atoms in total. The number of nitrogens with zero attached hydrogens (tertiary/aromatic N) is 2. The molecule has 1 heterocycles. The van der Waals surface area contributed by atoms with Crippen LogP contribution in [0.5, 0.6) is 0 Å². The molecule has 3 aromatic rings. The minimum absolute atomic E-state index is 0.0878. The quantitative estimate of drug-likeness (QED) is 0.717. The van der Waals surface area contributed by atoms with E-state index in [0.29, 0.717) is 11.5 Å². The van der Waals surface area contributed by atoms with Crippen molar-refractivity contribution in [1.82, 2.24) is 10.2 Å². The van der Waals surface area contributed by atoms with Crippen LogP contribution in [-0.2, 0) is 0 Å². The van der Waals surface area contributed by atoms with Gasteiger partial charge in [0.1, 0.15) is 0 Å². The fourth-order valence-corrected chi connectivity index (χ4v) is 2.68. The van der Waals surface area contributed by atoms with E-state index in [4.69, 9.17) is 4.42 Å². The first-order chi connectivity index (χ1) is 11.6. The van der Waals surface area contributed by atoms with Gasteiger partial charge in [0, 0.05) is 16.0 Å². The molecule has 0 atom stereocenters. The van der Waals surface area contributed by atoms with Gasteiger partial charge in [-0.25, -0.2) is 0 Å². The standard InChI is InChI=1S/C18H17N3O2S/c1-11-4-5-12(2)15(10-11)16(22)19-18-21-20-17(23-18)13-6-8-14(24-3)9-7-13/h4-10H,1-3H3,(H,19,21,22). The molecule has 3 rings (SSSR count). The van der Waals surface area contributed by atoms with Crippen molar-refractivity contribution in [2.45, 2.75) is 18.7 Å². The van der Waals surface area contributed by atoms with E-state index in [-0.39, 0.29) is 11.9 Å². The van der Waals surface area contributed by atoms with Gasteiger partial charge in [0.05, 0.1) is 0 Å². The first kappa shape index (κ1) is 16.3. The number of thioether (sulfide) groups is 1. The minimum Gasteiger partial charge on any atom is -0.403 e. The maximum absolute atomic E-state index is 12.4. The van der Waals surface area contributed by atoms with E-state index >= 15 is 0 Å². The van der Waals surface area contributed by atoms with Crippen molar-refractivity contribution < 1.29 is 9.21 Å². The van der Waals surface area contributed by atoms with Crippen LogP contribution in [-0.4, -0.2) is 22.4 Å². The van der Waals surface area contributed by atoms with Crippen LogP contribution < -0.4 is 5.32 Å². The fraction of sp³-hybridized carbons (Fsp3) is 0.167. The van der Waals surface area contributed by atoms with Crippen molar-refractivity contribution in [2.75, 3.05) is 11.6 Å². The summed E-state index contributed by atoms with van der Waals surface area (Å²) in [5.74, 6) is 0.114. The van der Waals surface area contributed by atoms with E-state index in [0.717, 1.165) is 21.6 Å². The number of aryl methyl sites for hydroxylation is 2. The Morgan fingerprint density at radius 2 is 1.83 bits per heavy atom. The van der Waals surface area contributed by atoms with Crippen LogP contribution in [0.3, 0.4) is 0 Å². The van der Waals surface area contributed by atoms with Crippen LogP contribution >= 0.6 is 11.8 Å². The molecule has 2 aromatic carbocycles. The molecule has 0 spiro atoms. The Balaban J connectivity index is 1.78. The molecule has 0 aliphatic carbocycles. The summed E-state index contributed by atoms with van der Waals surface area (Å²) in [4.78, 5) is 13.5. The Morgan fingerprint density at radius 3 is 2.54 bits per heavy atom. The lowest BCUT2D eigenvalue weighted by Gasteiger charge is -2.05. The molecule has 0 fully saturated rings. The van der Waals surface area contributed by atoms with Crippen LogP contribution in [0.4, 0.5) is 6.01 Å². The smallest absolute Gasteiger partial charge is 0.322 e. The summed E-state index contributed by atoms with van der Waals surface area (Å²) in [6, 6.07) is 13.6. The summed E-state index contributed by atoms with van der Waals surface area (Å²) >= 11 is 1.66. The molecule has 0 aliphatic rings. The minimum atomic E-state index is -0.260. The Kier molecular flexibility index (Phi) is 4.66. The van der Waals surface area contributed by atoms with Gasteiger partial charge in [-0.3, -0.25) is 10.1 Å². The van der Waals surface area contributed by atoms with E-state index in [2.05, 4.69) is 15.5 Å². The molecule has 0 saturated heterocycles. The summed E-state index contributed by atoms with van der Waals surface area (Å²) in [5, 5.41) is 10.5. The van der Waals surface area contributed by atoms with Crippen molar-refractivity contribution in [2.24, 2.45) is 0 Å². The van der Waals surface area contributed by atoms with Gasteiger partial charge >= 0.3 is 6.01 Å². The van der Waals surface area contributed by atoms with E-state index < -0.39 is 0 Å². The fourth-order valence-electron chi connectivity index (χ4n) is 2.27. The molecule has 6 heteroatoms. The highest BCUT2D eigenvalue weighted by Gasteiger charge is 2.14. The lowest BCUT2D eigenvalue weighted by atomic mass is 10.1. The summed E-state index contributed by atoms with van der Waals surface area (Å²) in [5.41, 5.74) is 3.32. The summed E-state index contributed by atoms with van der Waals surface area (Å²) < 4.78 is 5.54. The number of amides is 1. The van der Waals surface area contributed by atoms with Gasteiger partial charge in [0.2, 0.25) is 5.89 Å². The highest BCUT2D eigenvalue weighted by molar-refractivity contribution is 7.98. The number of rotatable bonds is 4. The number of anilines is 1. The third-order valence-electron chi connectivity index (χ3n) is 3.62. The topological polar surface area (TPSA) is 68.0 Å². The molecular formula is C18H17N3O2S. The van der Waals surface area contributed by atoms with Crippen LogP contribution in [0.1, 0.15) is 21.5 Å². The average molecular weight is 339 g/mol. The number of benzene rings is 2. The third-order valence-corrected chi connectivity index (χ3v) is 4.36. The summed E-state index contributed by atoms with van der Waals surface area (Å²) in [6.45, 7) is 3.83. The van der Waals surface area contributed by atoms with Crippen LogP contribution in [0.2, 0.25) is 0 Å².